The Kier molecular flexibility index (Phi) is 5.57. The summed E-state index contributed by atoms with van der Waals surface area (Å²) in [6, 6.07) is 4.79. The molecule has 0 aliphatic heterocycles. The standard InChI is InChI=1S/C15H21N3O4/c1-22-14-8-7-12(9-13(14)18(20)21)16-10-15(19)17-11-5-3-2-4-6-11/h7-9,11,16H,2-6,10H2,1H3,(H,17,19). The lowest BCUT2D eigenvalue weighted by molar-refractivity contribution is -0.385. The van der Waals surface area contributed by atoms with Gasteiger partial charge in [-0.25, -0.2) is 0 Å². The summed E-state index contributed by atoms with van der Waals surface area (Å²) in [5.41, 5.74) is 0.395. The van der Waals surface area contributed by atoms with Crippen molar-refractivity contribution in [3.8, 4) is 5.75 Å². The third-order valence-corrected chi connectivity index (χ3v) is 3.80. The van der Waals surface area contributed by atoms with Gasteiger partial charge in [0.05, 0.1) is 18.6 Å². The van der Waals surface area contributed by atoms with E-state index in [-0.39, 0.29) is 29.9 Å². The lowest BCUT2D eigenvalue weighted by Crippen LogP contribution is -2.39. The van der Waals surface area contributed by atoms with E-state index in [1.165, 1.54) is 25.7 Å². The number of nitro groups is 1. The Morgan fingerprint density at radius 3 is 2.73 bits per heavy atom. The number of ether oxygens (including phenoxy) is 1. The van der Waals surface area contributed by atoms with Gasteiger partial charge in [0.15, 0.2) is 5.75 Å². The van der Waals surface area contributed by atoms with Crippen LogP contribution in [-0.2, 0) is 4.79 Å². The predicted octanol–water partition coefficient (Wildman–Crippen LogP) is 2.46. The molecule has 0 aromatic heterocycles. The molecular weight excluding hydrogens is 286 g/mol. The van der Waals surface area contributed by atoms with Crippen LogP contribution in [0.25, 0.3) is 0 Å². The molecule has 1 aliphatic carbocycles. The van der Waals surface area contributed by atoms with Gasteiger partial charge < -0.3 is 15.4 Å². The van der Waals surface area contributed by atoms with Crippen molar-refractivity contribution in [3.05, 3.63) is 28.3 Å². The van der Waals surface area contributed by atoms with Gasteiger partial charge in [-0.15, -0.1) is 0 Å². The summed E-state index contributed by atoms with van der Waals surface area (Å²) in [7, 11) is 1.38. The van der Waals surface area contributed by atoms with Crippen molar-refractivity contribution in [3.63, 3.8) is 0 Å². The monoisotopic (exact) mass is 307 g/mol. The van der Waals surface area contributed by atoms with Crippen LogP contribution in [0.5, 0.6) is 5.75 Å². The largest absolute Gasteiger partial charge is 0.490 e. The highest BCUT2D eigenvalue weighted by Gasteiger charge is 2.17. The lowest BCUT2D eigenvalue weighted by Gasteiger charge is -2.22. The van der Waals surface area contributed by atoms with E-state index < -0.39 is 4.92 Å². The van der Waals surface area contributed by atoms with Crippen LogP contribution < -0.4 is 15.4 Å². The zero-order valence-electron chi connectivity index (χ0n) is 12.6. The predicted molar refractivity (Wildman–Crippen MR) is 83.2 cm³/mol. The molecule has 0 unspecified atom stereocenters. The second-order valence-electron chi connectivity index (χ2n) is 5.40. The molecule has 1 saturated carbocycles. The number of nitrogens with zero attached hydrogens (tertiary/aromatic N) is 1. The van der Waals surface area contributed by atoms with E-state index in [0.29, 0.717) is 5.69 Å². The number of benzene rings is 1. The van der Waals surface area contributed by atoms with Crippen LogP contribution in [-0.4, -0.2) is 30.5 Å². The molecule has 2 N–H and O–H groups in total. The third-order valence-electron chi connectivity index (χ3n) is 3.80. The maximum absolute atomic E-state index is 11.9. The molecule has 0 radical (unpaired) electrons. The van der Waals surface area contributed by atoms with Crippen LogP contribution >= 0.6 is 0 Å². The summed E-state index contributed by atoms with van der Waals surface area (Å²) in [6.45, 7) is 0.0972. The number of rotatable bonds is 6. The van der Waals surface area contributed by atoms with Gasteiger partial charge in [0.2, 0.25) is 5.91 Å². The Bertz CT molecular complexity index is 542. The van der Waals surface area contributed by atoms with Gasteiger partial charge in [-0.1, -0.05) is 19.3 Å². The summed E-state index contributed by atoms with van der Waals surface area (Å²) >= 11 is 0. The van der Waals surface area contributed by atoms with Crippen molar-refractivity contribution in [1.82, 2.24) is 5.32 Å². The number of anilines is 1. The van der Waals surface area contributed by atoms with Crippen LogP contribution in [0.4, 0.5) is 11.4 Å². The summed E-state index contributed by atoms with van der Waals surface area (Å²) in [5.74, 6) is 0.104. The fourth-order valence-electron chi connectivity index (χ4n) is 2.65. The fourth-order valence-corrected chi connectivity index (χ4v) is 2.65. The normalized spacial score (nSPS) is 15.1. The maximum Gasteiger partial charge on any atom is 0.312 e. The molecule has 1 aromatic rings. The molecule has 0 atom stereocenters. The first-order valence-corrected chi connectivity index (χ1v) is 7.46. The third kappa shape index (κ3) is 4.34. The molecule has 0 spiro atoms. The van der Waals surface area contributed by atoms with E-state index in [2.05, 4.69) is 10.6 Å². The highest BCUT2D eigenvalue weighted by atomic mass is 16.6. The molecular formula is C15H21N3O4. The van der Waals surface area contributed by atoms with Crippen LogP contribution in [0.2, 0.25) is 0 Å². The van der Waals surface area contributed by atoms with Crippen molar-refractivity contribution >= 4 is 17.3 Å². The average molecular weight is 307 g/mol. The van der Waals surface area contributed by atoms with Crippen LogP contribution in [0.3, 0.4) is 0 Å². The first-order valence-electron chi connectivity index (χ1n) is 7.46. The topological polar surface area (TPSA) is 93.5 Å². The van der Waals surface area contributed by atoms with Crippen LogP contribution in [0.15, 0.2) is 18.2 Å². The Hall–Kier alpha value is -2.31. The average Bonchev–Trinajstić information content (AvgIpc) is 2.53. The van der Waals surface area contributed by atoms with Crippen LogP contribution in [0.1, 0.15) is 32.1 Å². The summed E-state index contributed by atoms with van der Waals surface area (Å²) < 4.78 is 4.94. The van der Waals surface area contributed by atoms with Gasteiger partial charge in [-0.2, -0.15) is 0 Å². The number of carbonyl (C=O) groups excluding carboxylic acids is 1. The second kappa shape index (κ2) is 7.63. The van der Waals surface area contributed by atoms with E-state index in [1.807, 2.05) is 0 Å². The van der Waals surface area contributed by atoms with Crippen LogP contribution in [0, 0.1) is 10.1 Å². The minimum absolute atomic E-state index is 0.0922. The van der Waals surface area contributed by atoms with E-state index in [0.717, 1.165) is 25.7 Å². The quantitative estimate of drug-likeness (QED) is 0.622. The summed E-state index contributed by atoms with van der Waals surface area (Å²) in [5, 5.41) is 16.8. The Morgan fingerprint density at radius 1 is 1.36 bits per heavy atom. The van der Waals surface area contributed by atoms with Crippen molar-refractivity contribution in [2.24, 2.45) is 0 Å². The van der Waals surface area contributed by atoms with Crippen molar-refractivity contribution in [2.45, 2.75) is 38.1 Å². The molecule has 1 amide bonds. The highest BCUT2D eigenvalue weighted by molar-refractivity contribution is 5.81. The van der Waals surface area contributed by atoms with Gasteiger partial charge in [-0.05, 0) is 25.0 Å². The number of amides is 1. The number of hydrogen-bond donors (Lipinski definition) is 2. The minimum atomic E-state index is -0.508. The van der Waals surface area contributed by atoms with Gasteiger partial charge in [0, 0.05) is 17.8 Å². The SMILES string of the molecule is COc1ccc(NCC(=O)NC2CCCCC2)cc1[N+](=O)[O-]. The smallest absolute Gasteiger partial charge is 0.312 e. The molecule has 7 heteroatoms. The molecule has 1 aliphatic rings. The number of nitrogens with one attached hydrogen (secondary N) is 2. The first kappa shape index (κ1) is 16.1. The molecule has 7 nitrogen and oxygen atoms in total. The van der Waals surface area contributed by atoms with E-state index in [9.17, 15) is 14.9 Å². The summed E-state index contributed by atoms with van der Waals surface area (Å²) in [4.78, 5) is 22.3. The number of hydrogen-bond acceptors (Lipinski definition) is 5. The van der Waals surface area contributed by atoms with E-state index in [4.69, 9.17) is 4.74 Å². The summed E-state index contributed by atoms with van der Waals surface area (Å²) in [6.07, 6.45) is 5.60. The molecule has 2 rings (SSSR count). The Labute approximate surface area is 129 Å². The fraction of sp³-hybridized carbons (Fsp3) is 0.533. The maximum atomic E-state index is 11.9. The highest BCUT2D eigenvalue weighted by Crippen LogP contribution is 2.29. The lowest BCUT2D eigenvalue weighted by atomic mass is 9.95. The zero-order valence-corrected chi connectivity index (χ0v) is 12.6. The molecule has 1 fully saturated rings. The molecule has 1 aromatic carbocycles. The van der Waals surface area contributed by atoms with Crippen molar-refractivity contribution < 1.29 is 14.5 Å². The van der Waals surface area contributed by atoms with Gasteiger partial charge in [0.25, 0.3) is 0 Å². The minimum Gasteiger partial charge on any atom is -0.490 e. The molecule has 120 valence electrons. The molecule has 0 heterocycles. The number of nitro benzene ring substituents is 1. The second-order valence-corrected chi connectivity index (χ2v) is 5.40. The molecule has 22 heavy (non-hydrogen) atoms. The molecule has 0 saturated heterocycles. The van der Waals surface area contributed by atoms with E-state index in [1.54, 1.807) is 6.07 Å². The Balaban J connectivity index is 1.89. The number of carbonyl (C=O) groups is 1. The Morgan fingerprint density at radius 2 is 2.09 bits per heavy atom. The first-order chi connectivity index (χ1) is 10.6. The van der Waals surface area contributed by atoms with Crippen molar-refractivity contribution in [2.75, 3.05) is 19.0 Å². The number of methoxy groups -OCH3 is 1. The van der Waals surface area contributed by atoms with Gasteiger partial charge in [0.1, 0.15) is 0 Å². The zero-order chi connectivity index (χ0) is 15.9. The van der Waals surface area contributed by atoms with Crippen molar-refractivity contribution in [1.29, 1.82) is 0 Å². The molecule has 0 bridgehead atoms. The van der Waals surface area contributed by atoms with Gasteiger partial charge >= 0.3 is 5.69 Å². The van der Waals surface area contributed by atoms with E-state index >= 15 is 0 Å². The van der Waals surface area contributed by atoms with Gasteiger partial charge in [-0.3, -0.25) is 14.9 Å².